The first-order chi connectivity index (χ1) is 17.7. The topological polar surface area (TPSA) is 117 Å². The summed E-state index contributed by atoms with van der Waals surface area (Å²) in [5.41, 5.74) is -0.334. The van der Waals surface area contributed by atoms with Crippen LogP contribution in [-0.2, 0) is 46.5 Å². The maximum Gasteiger partial charge on any atom is 0.408 e. The van der Waals surface area contributed by atoms with Crippen LogP contribution in [0, 0.1) is 5.92 Å². The molecule has 2 rings (SSSR count). The van der Waals surface area contributed by atoms with E-state index >= 15 is 0 Å². The van der Waals surface area contributed by atoms with E-state index in [9.17, 15) is 19.2 Å². The molecule has 0 saturated heterocycles. The van der Waals surface area contributed by atoms with E-state index in [-0.39, 0.29) is 13.2 Å². The van der Waals surface area contributed by atoms with Crippen molar-refractivity contribution < 1.29 is 38.1 Å². The van der Waals surface area contributed by atoms with Crippen molar-refractivity contribution in [2.75, 3.05) is 0 Å². The number of rotatable bonds is 10. The molecule has 0 radical (unpaired) electrons. The largest absolute Gasteiger partial charge is 0.459 e. The van der Waals surface area contributed by atoms with Gasteiger partial charge in [-0.25, -0.2) is 9.59 Å². The van der Waals surface area contributed by atoms with Crippen molar-refractivity contribution in [1.82, 2.24) is 5.32 Å². The zero-order chi connectivity index (χ0) is 28.3. The number of carbonyl (C=O) groups excluding carboxylic acids is 4. The van der Waals surface area contributed by atoms with Gasteiger partial charge in [-0.15, -0.1) is 0 Å². The Morgan fingerprint density at radius 1 is 0.658 bits per heavy atom. The fourth-order valence-electron chi connectivity index (χ4n) is 3.22. The normalized spacial score (nSPS) is 12.3. The SMILES string of the molecule is CC(C)(C)OC(=O)C(CC(NC(=O)OCc1ccccc1)C(=O)OCc1ccccc1)C(=O)OC(C)(C)C. The molecule has 0 aromatic heterocycles. The van der Waals surface area contributed by atoms with Crippen LogP contribution in [0.4, 0.5) is 4.79 Å². The molecule has 0 aliphatic rings. The lowest BCUT2D eigenvalue weighted by molar-refractivity contribution is -0.175. The minimum absolute atomic E-state index is 0.0417. The number of hydrogen-bond donors (Lipinski definition) is 1. The van der Waals surface area contributed by atoms with Gasteiger partial charge >= 0.3 is 24.0 Å². The Morgan fingerprint density at radius 3 is 1.50 bits per heavy atom. The Balaban J connectivity index is 2.24. The lowest BCUT2D eigenvalue weighted by Crippen LogP contribution is -2.47. The minimum atomic E-state index is -1.50. The van der Waals surface area contributed by atoms with E-state index in [4.69, 9.17) is 18.9 Å². The Bertz CT molecular complexity index is 1040. The van der Waals surface area contributed by atoms with Crippen LogP contribution in [-0.4, -0.2) is 41.2 Å². The molecule has 206 valence electrons. The van der Waals surface area contributed by atoms with Gasteiger partial charge in [0, 0.05) is 6.42 Å². The smallest absolute Gasteiger partial charge is 0.408 e. The number of carbonyl (C=O) groups is 4. The number of benzene rings is 2. The van der Waals surface area contributed by atoms with Gasteiger partial charge in [-0.3, -0.25) is 9.59 Å². The van der Waals surface area contributed by atoms with Crippen LogP contribution in [0.5, 0.6) is 0 Å². The van der Waals surface area contributed by atoms with Gasteiger partial charge in [0.2, 0.25) is 0 Å². The quantitative estimate of drug-likeness (QED) is 0.268. The maximum absolute atomic E-state index is 13.1. The molecule has 1 atom stereocenters. The Hall–Kier alpha value is -3.88. The van der Waals surface area contributed by atoms with Gasteiger partial charge in [0.25, 0.3) is 0 Å². The average Bonchev–Trinajstić information content (AvgIpc) is 2.82. The predicted molar refractivity (Wildman–Crippen MR) is 140 cm³/mol. The third-order valence-electron chi connectivity index (χ3n) is 4.87. The Morgan fingerprint density at radius 2 is 1.08 bits per heavy atom. The number of esters is 3. The van der Waals surface area contributed by atoms with Crippen LogP contribution in [0.3, 0.4) is 0 Å². The predicted octanol–water partition coefficient (Wildman–Crippen LogP) is 4.71. The van der Waals surface area contributed by atoms with E-state index < -0.39 is 53.6 Å². The summed E-state index contributed by atoms with van der Waals surface area (Å²) < 4.78 is 21.5. The van der Waals surface area contributed by atoms with E-state index in [0.29, 0.717) is 0 Å². The van der Waals surface area contributed by atoms with Gasteiger partial charge in [-0.05, 0) is 52.7 Å². The summed E-state index contributed by atoms with van der Waals surface area (Å²) >= 11 is 0. The molecule has 2 aromatic carbocycles. The van der Waals surface area contributed by atoms with Gasteiger partial charge in [0.15, 0.2) is 5.92 Å². The zero-order valence-corrected chi connectivity index (χ0v) is 22.8. The summed E-state index contributed by atoms with van der Waals surface area (Å²) in [6.07, 6.45) is -1.36. The molecule has 9 heteroatoms. The first-order valence-electron chi connectivity index (χ1n) is 12.4. The summed E-state index contributed by atoms with van der Waals surface area (Å²) in [6, 6.07) is 16.5. The van der Waals surface area contributed by atoms with Crippen LogP contribution < -0.4 is 5.32 Å². The molecule has 38 heavy (non-hydrogen) atoms. The number of hydrogen-bond acceptors (Lipinski definition) is 8. The Labute approximate surface area is 223 Å². The van der Waals surface area contributed by atoms with Crippen molar-refractivity contribution in [3.05, 3.63) is 71.8 Å². The second-order valence-corrected chi connectivity index (χ2v) is 10.7. The lowest BCUT2D eigenvalue weighted by Gasteiger charge is -2.28. The van der Waals surface area contributed by atoms with Crippen LogP contribution >= 0.6 is 0 Å². The van der Waals surface area contributed by atoms with E-state index in [0.717, 1.165) is 11.1 Å². The molecular formula is C29H37NO8. The number of amides is 1. The van der Waals surface area contributed by atoms with Crippen molar-refractivity contribution in [3.63, 3.8) is 0 Å². The molecule has 0 fully saturated rings. The van der Waals surface area contributed by atoms with Gasteiger partial charge in [0.05, 0.1) is 0 Å². The second-order valence-electron chi connectivity index (χ2n) is 10.7. The van der Waals surface area contributed by atoms with Crippen LogP contribution in [0.25, 0.3) is 0 Å². The van der Waals surface area contributed by atoms with Crippen molar-refractivity contribution in [1.29, 1.82) is 0 Å². The van der Waals surface area contributed by atoms with Crippen molar-refractivity contribution in [3.8, 4) is 0 Å². The van der Waals surface area contributed by atoms with Gasteiger partial charge in [-0.1, -0.05) is 60.7 Å². The molecule has 0 spiro atoms. The molecule has 2 aromatic rings. The highest BCUT2D eigenvalue weighted by molar-refractivity contribution is 5.96. The molecule has 1 unspecified atom stereocenters. The van der Waals surface area contributed by atoms with Crippen molar-refractivity contribution >= 4 is 24.0 Å². The molecule has 0 saturated carbocycles. The maximum atomic E-state index is 13.1. The molecule has 9 nitrogen and oxygen atoms in total. The van der Waals surface area contributed by atoms with E-state index in [2.05, 4.69) is 5.32 Å². The Kier molecular flexibility index (Phi) is 10.9. The third kappa shape index (κ3) is 11.5. The third-order valence-corrected chi connectivity index (χ3v) is 4.87. The first-order valence-corrected chi connectivity index (χ1v) is 12.4. The minimum Gasteiger partial charge on any atom is -0.459 e. The van der Waals surface area contributed by atoms with E-state index in [1.54, 1.807) is 90.1 Å². The van der Waals surface area contributed by atoms with Crippen LogP contribution in [0.2, 0.25) is 0 Å². The molecular weight excluding hydrogens is 490 g/mol. The highest BCUT2D eigenvalue weighted by atomic mass is 16.6. The summed E-state index contributed by atoms with van der Waals surface area (Å²) in [6.45, 7) is 9.82. The lowest BCUT2D eigenvalue weighted by atomic mass is 9.98. The molecule has 0 bridgehead atoms. The number of ether oxygens (including phenoxy) is 4. The van der Waals surface area contributed by atoms with Gasteiger partial charge < -0.3 is 24.3 Å². The monoisotopic (exact) mass is 527 g/mol. The van der Waals surface area contributed by atoms with E-state index in [1.165, 1.54) is 0 Å². The molecule has 0 heterocycles. The van der Waals surface area contributed by atoms with Crippen LogP contribution in [0.15, 0.2) is 60.7 Å². The summed E-state index contributed by atoms with van der Waals surface area (Å²) in [5, 5.41) is 2.44. The highest BCUT2D eigenvalue weighted by Gasteiger charge is 2.39. The highest BCUT2D eigenvalue weighted by Crippen LogP contribution is 2.21. The fourth-order valence-corrected chi connectivity index (χ4v) is 3.22. The molecule has 1 amide bonds. The summed E-state index contributed by atoms with van der Waals surface area (Å²) in [5.74, 6) is -4.11. The van der Waals surface area contributed by atoms with Gasteiger partial charge in [-0.2, -0.15) is 0 Å². The molecule has 0 aliphatic carbocycles. The zero-order valence-electron chi connectivity index (χ0n) is 22.8. The standard InChI is InChI=1S/C29H37NO8/c1-28(2,3)37-24(31)22(25(32)38-29(4,5)6)17-23(26(33)35-18-20-13-9-7-10-14-20)30-27(34)36-19-21-15-11-8-12-16-21/h7-16,22-23H,17-19H2,1-6H3,(H,30,34). The van der Waals surface area contributed by atoms with Crippen LogP contribution in [0.1, 0.15) is 59.1 Å². The molecule has 0 aliphatic heterocycles. The van der Waals surface area contributed by atoms with Crippen molar-refractivity contribution in [2.45, 2.75) is 78.4 Å². The average molecular weight is 528 g/mol. The summed E-state index contributed by atoms with van der Waals surface area (Å²) in [7, 11) is 0. The van der Waals surface area contributed by atoms with Crippen molar-refractivity contribution in [2.24, 2.45) is 5.92 Å². The van der Waals surface area contributed by atoms with E-state index in [1.807, 2.05) is 12.1 Å². The second kappa shape index (κ2) is 13.6. The summed E-state index contributed by atoms with van der Waals surface area (Å²) in [4.78, 5) is 51.7. The number of nitrogens with one attached hydrogen (secondary N) is 1. The molecule has 1 N–H and O–H groups in total. The first kappa shape index (κ1) is 30.3. The van der Waals surface area contributed by atoms with Gasteiger partial charge in [0.1, 0.15) is 30.5 Å². The number of alkyl carbamates (subject to hydrolysis) is 1. The fraction of sp³-hybridized carbons (Fsp3) is 0.448.